The third-order valence-electron chi connectivity index (χ3n) is 2.81. The van der Waals surface area contributed by atoms with E-state index in [1.54, 1.807) is 0 Å². The van der Waals surface area contributed by atoms with Crippen molar-refractivity contribution in [3.8, 4) is 0 Å². The van der Waals surface area contributed by atoms with Crippen LogP contribution in [-0.2, 0) is 19.5 Å². The molecular formula is C16H33RhSi2. The van der Waals surface area contributed by atoms with Crippen LogP contribution in [0.4, 0.5) is 0 Å². The minimum atomic E-state index is 0. The summed E-state index contributed by atoms with van der Waals surface area (Å²) in [6, 6.07) is 0. The van der Waals surface area contributed by atoms with Crippen LogP contribution in [0.15, 0.2) is 0 Å². The molecule has 0 aromatic carbocycles. The van der Waals surface area contributed by atoms with E-state index < -0.39 is 0 Å². The molecule has 3 heteroatoms. The van der Waals surface area contributed by atoms with Gasteiger partial charge in [-0.05, 0) is 29.6 Å². The van der Waals surface area contributed by atoms with Crippen molar-refractivity contribution >= 4 is 17.6 Å². The van der Waals surface area contributed by atoms with Crippen LogP contribution in [0.2, 0.25) is 39.3 Å². The van der Waals surface area contributed by atoms with Crippen LogP contribution in [0, 0.1) is 29.6 Å². The normalized spacial score (nSPS) is 18.8. The molecule has 8 radical (unpaired) electrons. The first-order chi connectivity index (χ1) is 8.02. The minimum absolute atomic E-state index is 0. The van der Waals surface area contributed by atoms with Crippen molar-refractivity contribution in [3.63, 3.8) is 0 Å². The molecule has 0 spiro atoms. The van der Waals surface area contributed by atoms with Gasteiger partial charge in [-0.15, -0.1) is 0 Å². The van der Waals surface area contributed by atoms with Crippen LogP contribution in [0.25, 0.3) is 0 Å². The van der Waals surface area contributed by atoms with Gasteiger partial charge in [-0.3, -0.25) is 0 Å². The van der Waals surface area contributed by atoms with Crippen LogP contribution in [0.3, 0.4) is 0 Å². The Balaban J connectivity index is -0.000000242. The molecule has 0 N–H and O–H groups in total. The van der Waals surface area contributed by atoms with E-state index in [1.807, 2.05) is 0 Å². The van der Waals surface area contributed by atoms with E-state index >= 15 is 0 Å². The van der Waals surface area contributed by atoms with E-state index in [2.05, 4.69) is 73.9 Å². The van der Waals surface area contributed by atoms with Crippen molar-refractivity contribution in [2.75, 3.05) is 0 Å². The zero-order valence-electron chi connectivity index (χ0n) is 14.8. The molecule has 1 saturated carbocycles. The zero-order chi connectivity index (χ0) is 15.0. The Morgan fingerprint density at radius 1 is 0.421 bits per heavy atom. The molecule has 0 heterocycles. The van der Waals surface area contributed by atoms with Crippen LogP contribution in [0.5, 0.6) is 0 Å². The molecule has 0 atom stereocenters. The molecule has 1 fully saturated rings. The Kier molecular flexibility index (Phi) is 16.8. The second kappa shape index (κ2) is 12.8. The monoisotopic (exact) mass is 384 g/mol. The van der Waals surface area contributed by atoms with E-state index in [0.717, 1.165) is 0 Å². The molecule has 0 nitrogen and oxygen atoms in total. The molecule has 0 bridgehead atoms. The Labute approximate surface area is 140 Å². The predicted octanol–water partition coefficient (Wildman–Crippen LogP) is 5.71. The van der Waals surface area contributed by atoms with Gasteiger partial charge < -0.3 is 0 Å². The summed E-state index contributed by atoms with van der Waals surface area (Å²) >= 11 is 0. The smallest absolute Gasteiger partial charge is 0.0379 e. The summed E-state index contributed by atoms with van der Waals surface area (Å²) in [7, 11) is 0.241. The molecule has 1 rings (SSSR count). The van der Waals surface area contributed by atoms with Crippen molar-refractivity contribution in [1.29, 1.82) is 0 Å². The van der Waals surface area contributed by atoms with Gasteiger partial charge >= 0.3 is 0 Å². The van der Waals surface area contributed by atoms with Crippen molar-refractivity contribution < 1.29 is 19.5 Å². The van der Waals surface area contributed by atoms with E-state index in [4.69, 9.17) is 0 Å². The first-order valence-electron chi connectivity index (χ1n) is 6.75. The number of hydrogen-bond acceptors (Lipinski definition) is 0. The topological polar surface area (TPSA) is 0 Å². The Hall–Kier alpha value is 1.06. The summed E-state index contributed by atoms with van der Waals surface area (Å²) in [4.78, 5) is 0. The third-order valence-corrected chi connectivity index (χ3v) is 2.81. The van der Waals surface area contributed by atoms with Crippen molar-refractivity contribution in [2.24, 2.45) is 0 Å². The van der Waals surface area contributed by atoms with Gasteiger partial charge in [0.2, 0.25) is 0 Å². The van der Waals surface area contributed by atoms with Gasteiger partial charge in [0.15, 0.2) is 0 Å². The molecule has 0 unspecified atom stereocenters. The predicted molar refractivity (Wildman–Crippen MR) is 91.3 cm³/mol. The molecule has 0 aliphatic heterocycles. The molecule has 114 valence electrons. The quantitative estimate of drug-likeness (QED) is 0.469. The standard InChI is InChI=1S/C10H15.2C3H9Si.Rh/c1-6-7(2)9(4)10(5)8(6)3;2*1-4(2)3;/h1-5H3;2*1-3H3;. The van der Waals surface area contributed by atoms with Crippen LogP contribution in [-0.4, -0.2) is 17.6 Å². The summed E-state index contributed by atoms with van der Waals surface area (Å²) in [5, 5.41) is 0. The second-order valence-electron chi connectivity index (χ2n) is 6.12. The zero-order valence-corrected chi connectivity index (χ0v) is 18.5. The molecule has 0 aromatic rings. The average molecular weight is 385 g/mol. The maximum Gasteiger partial charge on any atom is 0.0379 e. The molecule has 0 saturated heterocycles. The maximum absolute atomic E-state index is 2.27. The fourth-order valence-corrected chi connectivity index (χ4v) is 1.41. The van der Waals surface area contributed by atoms with Crippen molar-refractivity contribution in [3.05, 3.63) is 29.6 Å². The van der Waals surface area contributed by atoms with E-state index in [-0.39, 0.29) is 37.1 Å². The van der Waals surface area contributed by atoms with Crippen LogP contribution >= 0.6 is 0 Å². The molecule has 1 aliphatic carbocycles. The van der Waals surface area contributed by atoms with Gasteiger partial charge in [0.1, 0.15) is 0 Å². The van der Waals surface area contributed by atoms with Crippen LogP contribution < -0.4 is 0 Å². The SMILES string of the molecule is C[C]1[C](C)[C](C)[C](C)[C]1C.C[Si](C)C.C[Si](C)C.[Rh]. The van der Waals surface area contributed by atoms with E-state index in [9.17, 15) is 0 Å². The molecule has 0 aromatic heterocycles. The Morgan fingerprint density at radius 3 is 0.526 bits per heavy atom. The largest absolute Gasteiger partial charge is 0.0715 e. The first kappa shape index (κ1) is 25.0. The van der Waals surface area contributed by atoms with Crippen LogP contribution in [0.1, 0.15) is 34.6 Å². The summed E-state index contributed by atoms with van der Waals surface area (Å²) in [6.07, 6.45) is 0. The molecule has 0 amide bonds. The molecule has 19 heavy (non-hydrogen) atoms. The maximum atomic E-state index is 2.27. The van der Waals surface area contributed by atoms with Gasteiger partial charge in [-0.25, -0.2) is 0 Å². The summed E-state index contributed by atoms with van der Waals surface area (Å²) in [5.74, 6) is 7.34. The van der Waals surface area contributed by atoms with Gasteiger partial charge in [-0.1, -0.05) is 73.9 Å². The van der Waals surface area contributed by atoms with Gasteiger partial charge in [-0.2, -0.15) is 0 Å². The molecular weight excluding hydrogens is 351 g/mol. The number of hydrogen-bond donors (Lipinski definition) is 0. The van der Waals surface area contributed by atoms with E-state index in [0.29, 0.717) is 0 Å². The Morgan fingerprint density at radius 2 is 0.474 bits per heavy atom. The molecule has 1 aliphatic rings. The van der Waals surface area contributed by atoms with Crippen molar-refractivity contribution in [2.45, 2.75) is 73.9 Å². The van der Waals surface area contributed by atoms with E-state index in [1.165, 1.54) is 29.6 Å². The van der Waals surface area contributed by atoms with Gasteiger partial charge in [0.25, 0.3) is 0 Å². The average Bonchev–Trinajstić information content (AvgIpc) is 2.35. The van der Waals surface area contributed by atoms with Crippen molar-refractivity contribution in [1.82, 2.24) is 0 Å². The Bertz CT molecular complexity index is 139. The first-order valence-corrected chi connectivity index (χ1v) is 12.8. The summed E-state index contributed by atoms with van der Waals surface area (Å²) < 4.78 is 0. The fraction of sp³-hybridized carbons (Fsp3) is 0.688. The fourth-order valence-electron chi connectivity index (χ4n) is 1.41. The minimum Gasteiger partial charge on any atom is -0.0715 e. The summed E-state index contributed by atoms with van der Waals surface area (Å²) in [5.41, 5.74) is 0. The van der Waals surface area contributed by atoms with Gasteiger partial charge in [0.05, 0.1) is 0 Å². The summed E-state index contributed by atoms with van der Waals surface area (Å²) in [6.45, 7) is 24.6. The number of rotatable bonds is 0. The second-order valence-corrected chi connectivity index (χ2v) is 12.1. The van der Waals surface area contributed by atoms with Gasteiger partial charge in [0, 0.05) is 37.1 Å². The third kappa shape index (κ3) is 12.5.